The normalized spacial score (nSPS) is 13.8. The molecule has 0 spiro atoms. The van der Waals surface area contributed by atoms with Crippen molar-refractivity contribution in [2.24, 2.45) is 0 Å². The smallest absolute Gasteiger partial charge is 0.383 e. The number of anilines is 1. The van der Waals surface area contributed by atoms with Crippen molar-refractivity contribution in [1.29, 1.82) is 0 Å². The van der Waals surface area contributed by atoms with E-state index < -0.39 is 7.82 Å². The Hall–Kier alpha value is -1.38. The first-order valence-electron chi connectivity index (χ1n) is 7.48. The standard InChI is InChI=1S/C14H21N4O4PS/c1-4-21-23(19,20)22-6-5-13-10(2)18(9-24-13)8-12-7-16-11(3)17-14(12)15/h7,9H,4-6,8H2,1-3H3,(H2-,15,16,17,19,20)/p+1. The molecule has 0 aliphatic heterocycles. The first-order valence-corrected chi connectivity index (χ1v) is 9.86. The number of nitrogen functional groups attached to an aromatic ring is 1. The van der Waals surface area contributed by atoms with Gasteiger partial charge >= 0.3 is 7.82 Å². The molecule has 0 amide bonds. The molecule has 2 rings (SSSR count). The van der Waals surface area contributed by atoms with Crippen LogP contribution in [0.3, 0.4) is 0 Å². The summed E-state index contributed by atoms with van der Waals surface area (Å²) in [7, 11) is -3.94. The highest BCUT2D eigenvalue weighted by Crippen LogP contribution is 2.42. The number of hydrogen-bond donors (Lipinski definition) is 2. The van der Waals surface area contributed by atoms with Crippen LogP contribution >= 0.6 is 19.2 Å². The highest BCUT2D eigenvalue weighted by molar-refractivity contribution is 7.47. The number of nitrogens with zero attached hydrogens (tertiary/aromatic N) is 3. The Morgan fingerprint density at radius 1 is 1.42 bits per heavy atom. The van der Waals surface area contributed by atoms with Gasteiger partial charge in [0.2, 0.25) is 5.51 Å². The lowest BCUT2D eigenvalue weighted by atomic mass is 10.2. The number of phosphoric acid groups is 1. The van der Waals surface area contributed by atoms with Crippen LogP contribution in [-0.2, 0) is 26.6 Å². The summed E-state index contributed by atoms with van der Waals surface area (Å²) in [5.74, 6) is 1.12. The average molecular weight is 373 g/mol. The predicted octanol–water partition coefficient (Wildman–Crippen LogP) is 1.77. The summed E-state index contributed by atoms with van der Waals surface area (Å²) >= 11 is 1.56. The van der Waals surface area contributed by atoms with E-state index in [2.05, 4.69) is 14.5 Å². The Bertz CT molecular complexity index is 752. The second-order valence-electron chi connectivity index (χ2n) is 5.16. The van der Waals surface area contributed by atoms with Crippen LogP contribution in [0.1, 0.15) is 28.9 Å². The molecule has 1 atom stereocenters. The van der Waals surface area contributed by atoms with E-state index in [1.807, 2.05) is 17.0 Å². The maximum atomic E-state index is 11.5. The Kier molecular flexibility index (Phi) is 6.42. The van der Waals surface area contributed by atoms with Gasteiger partial charge in [-0.2, -0.15) is 4.57 Å². The van der Waals surface area contributed by atoms with E-state index in [-0.39, 0.29) is 13.2 Å². The molecule has 8 nitrogen and oxygen atoms in total. The summed E-state index contributed by atoms with van der Waals surface area (Å²) in [6.45, 7) is 6.24. The number of hydrogen-bond acceptors (Lipinski definition) is 7. The van der Waals surface area contributed by atoms with Gasteiger partial charge in [0.15, 0.2) is 12.2 Å². The molecule has 24 heavy (non-hydrogen) atoms. The fraction of sp³-hybridized carbons (Fsp3) is 0.500. The third kappa shape index (κ3) is 5.06. The molecule has 0 aromatic carbocycles. The molecule has 2 aromatic heterocycles. The third-order valence-corrected chi connectivity index (χ3v) is 5.63. The van der Waals surface area contributed by atoms with Crippen LogP contribution in [0, 0.1) is 13.8 Å². The summed E-state index contributed by atoms with van der Waals surface area (Å²) in [4.78, 5) is 18.8. The summed E-state index contributed by atoms with van der Waals surface area (Å²) in [5, 5.41) is 0. The zero-order chi connectivity index (χ0) is 17.7. The van der Waals surface area contributed by atoms with Gasteiger partial charge in [0, 0.05) is 19.5 Å². The first kappa shape index (κ1) is 19.0. The average Bonchev–Trinajstić information content (AvgIpc) is 2.83. The van der Waals surface area contributed by atoms with Crippen LogP contribution in [0.4, 0.5) is 5.82 Å². The Morgan fingerprint density at radius 3 is 2.83 bits per heavy atom. The minimum atomic E-state index is -3.94. The minimum Gasteiger partial charge on any atom is -0.383 e. The fourth-order valence-electron chi connectivity index (χ4n) is 2.12. The molecule has 1 unspecified atom stereocenters. The summed E-state index contributed by atoms with van der Waals surface area (Å²) in [6, 6.07) is 0. The first-order chi connectivity index (χ1) is 11.3. The molecular weight excluding hydrogens is 351 g/mol. The molecule has 0 radical (unpaired) electrons. The van der Waals surface area contributed by atoms with E-state index in [1.54, 1.807) is 31.4 Å². The molecule has 2 heterocycles. The molecular formula is C14H22N4O4PS+. The van der Waals surface area contributed by atoms with Gasteiger partial charge in [0.1, 0.15) is 11.6 Å². The van der Waals surface area contributed by atoms with Crippen molar-refractivity contribution in [3.8, 4) is 0 Å². The van der Waals surface area contributed by atoms with Crippen LogP contribution in [-0.4, -0.2) is 28.1 Å². The van der Waals surface area contributed by atoms with Gasteiger partial charge in [-0.1, -0.05) is 11.3 Å². The maximum absolute atomic E-state index is 11.5. The van der Waals surface area contributed by atoms with Gasteiger partial charge in [-0.25, -0.2) is 14.5 Å². The summed E-state index contributed by atoms with van der Waals surface area (Å²) in [6.07, 6.45) is 2.26. The zero-order valence-electron chi connectivity index (χ0n) is 13.9. The van der Waals surface area contributed by atoms with E-state index in [4.69, 9.17) is 10.3 Å². The number of nitrogens with two attached hydrogens (primary N) is 1. The number of rotatable bonds is 8. The molecule has 0 aliphatic carbocycles. The van der Waals surface area contributed by atoms with Crippen molar-refractivity contribution < 1.29 is 23.1 Å². The van der Waals surface area contributed by atoms with Crippen molar-refractivity contribution in [1.82, 2.24) is 9.97 Å². The second-order valence-corrected chi connectivity index (χ2v) is 7.55. The molecule has 132 valence electrons. The Labute approximate surface area is 144 Å². The quantitative estimate of drug-likeness (QED) is 0.536. The largest absolute Gasteiger partial charge is 0.472 e. The molecule has 0 saturated carbocycles. The van der Waals surface area contributed by atoms with E-state index >= 15 is 0 Å². The van der Waals surface area contributed by atoms with Crippen molar-refractivity contribution in [3.63, 3.8) is 0 Å². The van der Waals surface area contributed by atoms with Crippen LogP contribution < -0.4 is 10.3 Å². The lowest BCUT2D eigenvalue weighted by Gasteiger charge is -2.09. The van der Waals surface area contributed by atoms with E-state index in [0.29, 0.717) is 24.6 Å². The molecule has 0 bridgehead atoms. The van der Waals surface area contributed by atoms with E-state index in [1.165, 1.54) is 0 Å². The van der Waals surface area contributed by atoms with Crippen LogP contribution in [0.25, 0.3) is 0 Å². The summed E-state index contributed by atoms with van der Waals surface area (Å²) in [5.41, 5.74) is 9.81. The van der Waals surface area contributed by atoms with Gasteiger partial charge in [-0.15, -0.1) is 0 Å². The number of aryl methyl sites for hydroxylation is 1. The second kappa shape index (κ2) is 8.13. The third-order valence-electron chi connectivity index (χ3n) is 3.39. The van der Waals surface area contributed by atoms with Gasteiger partial charge in [0.25, 0.3) is 0 Å². The molecule has 0 saturated heterocycles. The van der Waals surface area contributed by atoms with Crippen LogP contribution in [0.2, 0.25) is 0 Å². The number of aromatic nitrogens is 3. The van der Waals surface area contributed by atoms with Gasteiger partial charge in [-0.3, -0.25) is 9.05 Å². The lowest BCUT2D eigenvalue weighted by molar-refractivity contribution is -0.689. The molecule has 3 N–H and O–H groups in total. The summed E-state index contributed by atoms with van der Waals surface area (Å²) < 4.78 is 23.1. The van der Waals surface area contributed by atoms with Crippen molar-refractivity contribution in [3.05, 3.63) is 33.7 Å². The zero-order valence-corrected chi connectivity index (χ0v) is 15.6. The Morgan fingerprint density at radius 2 is 2.17 bits per heavy atom. The van der Waals surface area contributed by atoms with Crippen molar-refractivity contribution >= 4 is 25.0 Å². The van der Waals surface area contributed by atoms with E-state index in [0.717, 1.165) is 16.1 Å². The maximum Gasteiger partial charge on any atom is 0.472 e. The topological polar surface area (TPSA) is 111 Å². The van der Waals surface area contributed by atoms with Gasteiger partial charge in [-0.05, 0) is 13.8 Å². The lowest BCUT2D eigenvalue weighted by Crippen LogP contribution is -2.35. The number of phosphoric ester groups is 1. The van der Waals surface area contributed by atoms with Crippen LogP contribution in [0.5, 0.6) is 0 Å². The molecule has 2 aromatic rings. The van der Waals surface area contributed by atoms with Gasteiger partial charge in [0.05, 0.1) is 23.7 Å². The molecule has 10 heteroatoms. The predicted molar refractivity (Wildman–Crippen MR) is 90.6 cm³/mol. The van der Waals surface area contributed by atoms with Crippen LogP contribution in [0.15, 0.2) is 11.7 Å². The minimum absolute atomic E-state index is 0.116. The van der Waals surface area contributed by atoms with Crippen molar-refractivity contribution in [2.75, 3.05) is 18.9 Å². The highest BCUT2D eigenvalue weighted by Gasteiger charge is 2.22. The number of thiazole rings is 1. The fourth-order valence-corrected chi connectivity index (χ4v) is 3.82. The van der Waals surface area contributed by atoms with Gasteiger partial charge < -0.3 is 10.6 Å². The van der Waals surface area contributed by atoms with Crippen molar-refractivity contribution in [2.45, 2.75) is 33.7 Å². The highest BCUT2D eigenvalue weighted by atomic mass is 32.1. The monoisotopic (exact) mass is 373 g/mol. The SMILES string of the molecule is CCOP(=O)(O)OCCc1sc[n+](Cc2cnc(C)nc2N)c1C. The van der Waals surface area contributed by atoms with E-state index in [9.17, 15) is 9.46 Å². The Balaban J connectivity index is 1.99. The molecule has 0 fully saturated rings. The molecule has 0 aliphatic rings.